The summed E-state index contributed by atoms with van der Waals surface area (Å²) < 4.78 is 0. The summed E-state index contributed by atoms with van der Waals surface area (Å²) >= 11 is 0. The van der Waals surface area contributed by atoms with Gasteiger partial charge in [-0.1, -0.05) is 132 Å². The van der Waals surface area contributed by atoms with Crippen molar-refractivity contribution in [2.24, 2.45) is 11.8 Å². The van der Waals surface area contributed by atoms with Gasteiger partial charge in [0.05, 0.1) is 0 Å². The van der Waals surface area contributed by atoms with Gasteiger partial charge in [-0.15, -0.1) is 0 Å². The van der Waals surface area contributed by atoms with Crippen LogP contribution in [0.1, 0.15) is 108 Å². The smallest absolute Gasteiger partial charge is 0.303 e. The third-order valence-corrected chi connectivity index (χ3v) is 7.24. The van der Waals surface area contributed by atoms with E-state index in [1.54, 1.807) is 0 Å². The molecule has 2 atom stereocenters. The number of carboxylic acid groups (broad SMARTS) is 1. The van der Waals surface area contributed by atoms with Crippen LogP contribution in [0.2, 0.25) is 0 Å². The monoisotopic (exact) mass is 464 g/mol. The molecule has 2 nitrogen and oxygen atoms in total. The van der Waals surface area contributed by atoms with Crippen LogP contribution in [0.3, 0.4) is 0 Å². The number of aliphatic carboxylic acids is 1. The molecular formula is C32H48O2. The Balaban J connectivity index is 1.97. The second kappa shape index (κ2) is 18.3. The fourth-order valence-electron chi connectivity index (χ4n) is 5.24. The first-order chi connectivity index (χ1) is 16.7. The quantitative estimate of drug-likeness (QED) is 0.198. The predicted octanol–water partition coefficient (Wildman–Crippen LogP) is 9.27. The summed E-state index contributed by atoms with van der Waals surface area (Å²) in [5.74, 6) is 0.763. The van der Waals surface area contributed by atoms with Gasteiger partial charge in [0.1, 0.15) is 0 Å². The Labute approximate surface area is 209 Å². The number of unbranched alkanes of at least 4 members (excludes halogenated alkanes) is 9. The van der Waals surface area contributed by atoms with Crippen LogP contribution < -0.4 is 0 Å². The lowest BCUT2D eigenvalue weighted by molar-refractivity contribution is -0.137. The van der Waals surface area contributed by atoms with Crippen LogP contribution in [0.25, 0.3) is 0 Å². The van der Waals surface area contributed by atoms with Crippen LogP contribution >= 0.6 is 0 Å². The van der Waals surface area contributed by atoms with Crippen molar-refractivity contribution >= 4 is 5.97 Å². The molecule has 0 aliphatic heterocycles. The first-order valence-corrected chi connectivity index (χ1v) is 14.0. The third kappa shape index (κ3) is 13.0. The van der Waals surface area contributed by atoms with Crippen LogP contribution in [0, 0.1) is 11.8 Å². The summed E-state index contributed by atoms with van der Waals surface area (Å²) in [5, 5.41) is 8.84. The van der Waals surface area contributed by atoms with Gasteiger partial charge in [-0.05, 0) is 55.1 Å². The molecule has 0 spiro atoms. The van der Waals surface area contributed by atoms with Crippen LogP contribution in [0.5, 0.6) is 0 Å². The molecule has 0 aliphatic rings. The second-order valence-electron chi connectivity index (χ2n) is 10.2. The van der Waals surface area contributed by atoms with Crippen molar-refractivity contribution in [2.45, 2.75) is 110 Å². The molecule has 0 radical (unpaired) electrons. The van der Waals surface area contributed by atoms with Gasteiger partial charge in [-0.3, -0.25) is 4.79 Å². The lowest BCUT2D eigenvalue weighted by Crippen LogP contribution is -2.20. The summed E-state index contributed by atoms with van der Waals surface area (Å²) in [4.78, 5) is 10.7. The van der Waals surface area contributed by atoms with Crippen molar-refractivity contribution < 1.29 is 9.90 Å². The van der Waals surface area contributed by atoms with E-state index < -0.39 is 5.97 Å². The Morgan fingerprint density at radius 3 is 1.47 bits per heavy atom. The molecule has 0 heterocycles. The third-order valence-electron chi connectivity index (χ3n) is 7.24. The number of rotatable bonds is 20. The van der Waals surface area contributed by atoms with E-state index in [9.17, 15) is 4.79 Å². The first-order valence-electron chi connectivity index (χ1n) is 14.0. The number of hydrogen-bond acceptors (Lipinski definition) is 1. The molecule has 2 heteroatoms. The minimum atomic E-state index is -0.665. The summed E-state index contributed by atoms with van der Waals surface area (Å²) in [5.41, 5.74) is 2.94. The van der Waals surface area contributed by atoms with Crippen LogP contribution in [0.4, 0.5) is 0 Å². The fourth-order valence-corrected chi connectivity index (χ4v) is 5.24. The lowest BCUT2D eigenvalue weighted by atomic mass is 9.77. The van der Waals surface area contributed by atoms with Crippen molar-refractivity contribution in [3.05, 3.63) is 71.8 Å². The molecule has 1 N–H and O–H groups in total. The Morgan fingerprint density at radius 2 is 1.03 bits per heavy atom. The SMILES string of the molecule is CCCCCCCCC(Cc1ccccc1)C(CCCCCCCC(=O)O)Cc1ccccc1. The Hall–Kier alpha value is -2.09. The van der Waals surface area contributed by atoms with Gasteiger partial charge in [-0.2, -0.15) is 0 Å². The number of carbonyl (C=O) groups is 1. The molecule has 34 heavy (non-hydrogen) atoms. The van der Waals surface area contributed by atoms with Gasteiger partial charge in [0.2, 0.25) is 0 Å². The van der Waals surface area contributed by atoms with Crippen molar-refractivity contribution in [2.75, 3.05) is 0 Å². The van der Waals surface area contributed by atoms with E-state index in [1.165, 1.54) is 88.2 Å². The number of carboxylic acids is 1. The normalized spacial score (nSPS) is 13.0. The van der Waals surface area contributed by atoms with E-state index in [1.807, 2.05) is 0 Å². The predicted molar refractivity (Wildman–Crippen MR) is 145 cm³/mol. The van der Waals surface area contributed by atoms with Gasteiger partial charge in [-0.25, -0.2) is 0 Å². The molecular weight excluding hydrogens is 416 g/mol. The van der Waals surface area contributed by atoms with Crippen molar-refractivity contribution in [1.29, 1.82) is 0 Å². The molecule has 2 aromatic rings. The molecule has 0 saturated heterocycles. The van der Waals surface area contributed by atoms with E-state index in [2.05, 4.69) is 67.6 Å². The van der Waals surface area contributed by atoms with Gasteiger partial charge < -0.3 is 5.11 Å². The van der Waals surface area contributed by atoms with Crippen molar-refractivity contribution in [3.63, 3.8) is 0 Å². The number of hydrogen-bond donors (Lipinski definition) is 1. The summed E-state index contributed by atoms with van der Waals surface area (Å²) in [6, 6.07) is 22.1. The maximum absolute atomic E-state index is 10.7. The van der Waals surface area contributed by atoms with Crippen LogP contribution in [-0.4, -0.2) is 11.1 Å². The topological polar surface area (TPSA) is 37.3 Å². The van der Waals surface area contributed by atoms with Gasteiger partial charge >= 0.3 is 5.97 Å². The molecule has 2 rings (SSSR count). The fraction of sp³-hybridized carbons (Fsp3) is 0.594. The minimum Gasteiger partial charge on any atom is -0.481 e. The highest BCUT2D eigenvalue weighted by molar-refractivity contribution is 5.66. The average Bonchev–Trinajstić information content (AvgIpc) is 2.85. The molecule has 0 bridgehead atoms. The molecule has 0 aromatic heterocycles. The zero-order valence-corrected chi connectivity index (χ0v) is 21.6. The first kappa shape index (κ1) is 28.1. The molecule has 0 aliphatic carbocycles. The standard InChI is InChI=1S/C32H48O2/c1-2-3-4-5-7-16-23-30(26-28-19-12-10-13-20-28)31(27-29-21-14-11-15-22-29)24-17-8-6-9-18-25-32(33)34/h10-15,19-22,30-31H,2-9,16-18,23-27H2,1H3,(H,33,34). The average molecular weight is 465 g/mol. The highest BCUT2D eigenvalue weighted by atomic mass is 16.4. The van der Waals surface area contributed by atoms with E-state index in [0.29, 0.717) is 12.3 Å². The van der Waals surface area contributed by atoms with Gasteiger partial charge in [0.25, 0.3) is 0 Å². The highest BCUT2D eigenvalue weighted by Gasteiger charge is 2.22. The minimum absolute atomic E-state index is 0.314. The van der Waals surface area contributed by atoms with Crippen LogP contribution in [-0.2, 0) is 17.6 Å². The molecule has 2 unspecified atom stereocenters. The maximum atomic E-state index is 10.7. The van der Waals surface area contributed by atoms with Gasteiger partial charge in [0.15, 0.2) is 0 Å². The lowest BCUT2D eigenvalue weighted by Gasteiger charge is -2.28. The van der Waals surface area contributed by atoms with E-state index in [4.69, 9.17) is 5.11 Å². The second-order valence-corrected chi connectivity index (χ2v) is 10.2. The highest BCUT2D eigenvalue weighted by Crippen LogP contribution is 2.31. The van der Waals surface area contributed by atoms with E-state index in [0.717, 1.165) is 25.2 Å². The van der Waals surface area contributed by atoms with E-state index >= 15 is 0 Å². The summed E-state index contributed by atoms with van der Waals surface area (Å²) in [6.07, 6.45) is 18.9. The Morgan fingerprint density at radius 1 is 0.618 bits per heavy atom. The molecule has 0 saturated carbocycles. The maximum Gasteiger partial charge on any atom is 0.303 e. The molecule has 2 aromatic carbocycles. The Kier molecular flexibility index (Phi) is 15.1. The largest absolute Gasteiger partial charge is 0.481 e. The zero-order chi connectivity index (χ0) is 24.3. The number of benzene rings is 2. The van der Waals surface area contributed by atoms with Gasteiger partial charge in [0, 0.05) is 6.42 Å². The van der Waals surface area contributed by atoms with Crippen LogP contribution in [0.15, 0.2) is 60.7 Å². The summed E-state index contributed by atoms with van der Waals surface area (Å²) in [6.45, 7) is 2.29. The van der Waals surface area contributed by atoms with E-state index in [-0.39, 0.29) is 0 Å². The molecule has 188 valence electrons. The Bertz CT molecular complexity index is 740. The zero-order valence-electron chi connectivity index (χ0n) is 21.6. The molecule has 0 fully saturated rings. The summed E-state index contributed by atoms with van der Waals surface area (Å²) in [7, 11) is 0. The van der Waals surface area contributed by atoms with Crippen molar-refractivity contribution in [1.82, 2.24) is 0 Å². The molecule has 0 amide bonds. The van der Waals surface area contributed by atoms with Crippen molar-refractivity contribution in [3.8, 4) is 0 Å².